The number of rotatable bonds is 3. The molecule has 1 aromatic carbocycles. The molecule has 0 aliphatic carbocycles. The van der Waals surface area contributed by atoms with Crippen molar-refractivity contribution < 1.29 is 0 Å². The smallest absolute Gasteiger partial charge is 0.251 e. The zero-order chi connectivity index (χ0) is 20.8. The second kappa shape index (κ2) is 7.24. The minimum Gasteiger partial charge on any atom is -0.317 e. The van der Waals surface area contributed by atoms with E-state index in [0.717, 1.165) is 65.0 Å². The number of benzene rings is 1. The van der Waals surface area contributed by atoms with Crippen LogP contribution < -0.4 is 5.32 Å². The summed E-state index contributed by atoms with van der Waals surface area (Å²) in [4.78, 5) is 13.6. The number of piperidine rings is 1. The molecule has 5 aromatic rings. The van der Waals surface area contributed by atoms with E-state index < -0.39 is 0 Å². The molecular weight excluding hydrogens is 388 g/mol. The lowest BCUT2D eigenvalue weighted by Crippen LogP contribution is -2.29. The Morgan fingerprint density at radius 1 is 0.968 bits per heavy atom. The second-order valence-corrected chi connectivity index (χ2v) is 8.05. The molecule has 1 saturated heterocycles. The van der Waals surface area contributed by atoms with Gasteiger partial charge in [-0.15, -0.1) is 0 Å². The second-order valence-electron chi connectivity index (χ2n) is 8.05. The van der Waals surface area contributed by atoms with Gasteiger partial charge in [0.15, 0.2) is 0 Å². The Kier molecular flexibility index (Phi) is 4.24. The van der Waals surface area contributed by atoms with Gasteiger partial charge in [-0.3, -0.25) is 9.67 Å². The van der Waals surface area contributed by atoms with Crippen molar-refractivity contribution in [1.29, 1.82) is 0 Å². The van der Waals surface area contributed by atoms with Crippen molar-refractivity contribution in [1.82, 2.24) is 39.7 Å². The van der Waals surface area contributed by atoms with Gasteiger partial charge >= 0.3 is 0 Å². The maximum absolute atomic E-state index is 4.84. The lowest BCUT2D eigenvalue weighted by molar-refractivity contribution is 0.343. The van der Waals surface area contributed by atoms with Crippen LogP contribution in [0.15, 0.2) is 55.1 Å². The number of aromatic nitrogens is 7. The fourth-order valence-corrected chi connectivity index (χ4v) is 4.23. The Balaban J connectivity index is 1.39. The molecule has 0 spiro atoms. The standard InChI is InChI=1S/C23H22N8/c1-15-2-3-16-10-17(4-5-20(16)28-15)22-13-26-23-25-12-21(29-31(22)23)18-11-27-30(14-18)19-6-8-24-9-7-19/h2-5,10-14,19,24H,6-9H2,1H3. The molecule has 1 aliphatic rings. The molecule has 8 heteroatoms. The number of hydrogen-bond donors (Lipinski definition) is 1. The van der Waals surface area contributed by atoms with Crippen LogP contribution in [0.25, 0.3) is 39.2 Å². The first-order valence-electron chi connectivity index (χ1n) is 10.6. The number of fused-ring (bicyclic) bond motifs is 2. The highest BCUT2D eigenvalue weighted by atomic mass is 15.3. The van der Waals surface area contributed by atoms with E-state index in [0.29, 0.717) is 11.8 Å². The van der Waals surface area contributed by atoms with Gasteiger partial charge in [-0.2, -0.15) is 14.7 Å². The highest BCUT2D eigenvalue weighted by molar-refractivity contribution is 5.84. The number of imidazole rings is 1. The van der Waals surface area contributed by atoms with Gasteiger partial charge in [0.05, 0.1) is 35.8 Å². The molecule has 1 aliphatic heterocycles. The quantitative estimate of drug-likeness (QED) is 0.490. The molecule has 5 heterocycles. The topological polar surface area (TPSA) is 85.8 Å². The predicted molar refractivity (Wildman–Crippen MR) is 119 cm³/mol. The van der Waals surface area contributed by atoms with Crippen molar-refractivity contribution in [3.8, 4) is 22.5 Å². The number of pyridine rings is 1. The van der Waals surface area contributed by atoms with Crippen LogP contribution in [-0.2, 0) is 0 Å². The first-order valence-corrected chi connectivity index (χ1v) is 10.6. The molecule has 0 bridgehead atoms. The van der Waals surface area contributed by atoms with Crippen LogP contribution in [0.4, 0.5) is 0 Å². The van der Waals surface area contributed by atoms with E-state index in [4.69, 9.17) is 5.10 Å². The van der Waals surface area contributed by atoms with Gasteiger partial charge in [-0.05, 0) is 51.1 Å². The fourth-order valence-electron chi connectivity index (χ4n) is 4.23. The van der Waals surface area contributed by atoms with Crippen molar-refractivity contribution in [3.63, 3.8) is 0 Å². The molecule has 31 heavy (non-hydrogen) atoms. The van der Waals surface area contributed by atoms with Crippen molar-refractivity contribution >= 4 is 16.7 Å². The van der Waals surface area contributed by atoms with Crippen LogP contribution in [-0.4, -0.2) is 47.4 Å². The molecule has 0 unspecified atom stereocenters. The maximum atomic E-state index is 4.84. The van der Waals surface area contributed by atoms with Gasteiger partial charge in [0.25, 0.3) is 5.78 Å². The average molecular weight is 410 g/mol. The third-order valence-corrected chi connectivity index (χ3v) is 5.93. The van der Waals surface area contributed by atoms with Gasteiger partial charge in [0.1, 0.15) is 5.69 Å². The van der Waals surface area contributed by atoms with Crippen LogP contribution in [0.2, 0.25) is 0 Å². The van der Waals surface area contributed by atoms with Crippen LogP contribution in [0.3, 0.4) is 0 Å². The van der Waals surface area contributed by atoms with E-state index in [1.807, 2.05) is 31.5 Å². The summed E-state index contributed by atoms with van der Waals surface area (Å²) < 4.78 is 3.87. The first kappa shape index (κ1) is 18.1. The molecule has 154 valence electrons. The largest absolute Gasteiger partial charge is 0.317 e. The monoisotopic (exact) mass is 410 g/mol. The van der Waals surface area contributed by atoms with Crippen molar-refractivity contribution in [3.05, 3.63) is 60.8 Å². The van der Waals surface area contributed by atoms with Crippen LogP contribution in [0, 0.1) is 6.92 Å². The van der Waals surface area contributed by atoms with Gasteiger partial charge in [-0.1, -0.05) is 12.1 Å². The third kappa shape index (κ3) is 3.25. The zero-order valence-corrected chi connectivity index (χ0v) is 17.2. The SMILES string of the molecule is Cc1ccc2cc(-c3cnc4ncc(-c5cnn(C6CCNCC6)c5)nn34)ccc2n1. The number of aryl methyl sites for hydroxylation is 1. The minimum atomic E-state index is 0.436. The van der Waals surface area contributed by atoms with Crippen molar-refractivity contribution in [2.24, 2.45) is 0 Å². The summed E-state index contributed by atoms with van der Waals surface area (Å²) in [5.41, 5.74) is 5.67. The molecule has 0 saturated carbocycles. The van der Waals surface area contributed by atoms with Crippen LogP contribution in [0.5, 0.6) is 0 Å². The molecule has 1 fully saturated rings. The van der Waals surface area contributed by atoms with Crippen molar-refractivity contribution in [2.45, 2.75) is 25.8 Å². The molecule has 1 N–H and O–H groups in total. The summed E-state index contributed by atoms with van der Waals surface area (Å²) in [5, 5.41) is 13.9. The van der Waals surface area contributed by atoms with Gasteiger partial charge in [0.2, 0.25) is 0 Å². The Morgan fingerprint density at radius 2 is 1.84 bits per heavy atom. The Morgan fingerprint density at radius 3 is 2.74 bits per heavy atom. The van der Waals surface area contributed by atoms with E-state index in [1.54, 1.807) is 10.7 Å². The lowest BCUT2D eigenvalue weighted by atomic mass is 10.1. The Bertz CT molecular complexity index is 1390. The van der Waals surface area contributed by atoms with E-state index in [-0.39, 0.29) is 0 Å². The summed E-state index contributed by atoms with van der Waals surface area (Å²) >= 11 is 0. The Labute approximate surface area is 179 Å². The molecule has 0 radical (unpaired) electrons. The van der Waals surface area contributed by atoms with E-state index in [9.17, 15) is 0 Å². The fraction of sp³-hybridized carbons (Fsp3) is 0.261. The number of nitrogens with one attached hydrogen (secondary N) is 1. The highest BCUT2D eigenvalue weighted by Crippen LogP contribution is 2.26. The summed E-state index contributed by atoms with van der Waals surface area (Å²) in [6, 6.07) is 10.8. The summed E-state index contributed by atoms with van der Waals surface area (Å²) in [5.74, 6) is 0.576. The van der Waals surface area contributed by atoms with E-state index in [1.165, 1.54) is 0 Å². The molecular formula is C23H22N8. The van der Waals surface area contributed by atoms with E-state index in [2.05, 4.69) is 54.4 Å². The molecule has 4 aromatic heterocycles. The highest BCUT2D eigenvalue weighted by Gasteiger charge is 2.17. The third-order valence-electron chi connectivity index (χ3n) is 5.93. The van der Waals surface area contributed by atoms with E-state index >= 15 is 0 Å². The molecule has 6 rings (SSSR count). The van der Waals surface area contributed by atoms with Crippen LogP contribution in [0.1, 0.15) is 24.6 Å². The zero-order valence-electron chi connectivity index (χ0n) is 17.2. The summed E-state index contributed by atoms with van der Waals surface area (Å²) in [6.45, 7) is 4.07. The summed E-state index contributed by atoms with van der Waals surface area (Å²) in [7, 11) is 0. The van der Waals surface area contributed by atoms with Gasteiger partial charge in [0, 0.05) is 28.4 Å². The van der Waals surface area contributed by atoms with Crippen LogP contribution >= 0.6 is 0 Å². The summed E-state index contributed by atoms with van der Waals surface area (Å²) in [6.07, 6.45) is 9.72. The molecule has 8 nitrogen and oxygen atoms in total. The Hall–Kier alpha value is -3.65. The van der Waals surface area contributed by atoms with Gasteiger partial charge in [-0.25, -0.2) is 9.97 Å². The first-order chi connectivity index (χ1) is 15.2. The van der Waals surface area contributed by atoms with Crippen molar-refractivity contribution in [2.75, 3.05) is 13.1 Å². The number of hydrogen-bond acceptors (Lipinski definition) is 6. The molecule has 0 amide bonds. The molecule has 0 atom stereocenters. The maximum Gasteiger partial charge on any atom is 0.251 e. The minimum absolute atomic E-state index is 0.436. The average Bonchev–Trinajstić information content (AvgIpc) is 3.46. The lowest BCUT2D eigenvalue weighted by Gasteiger charge is -2.22. The number of nitrogens with zero attached hydrogens (tertiary/aromatic N) is 7. The predicted octanol–water partition coefficient (Wildman–Crippen LogP) is 3.44. The normalized spacial score (nSPS) is 15.1. The van der Waals surface area contributed by atoms with Gasteiger partial charge < -0.3 is 5.32 Å².